The summed E-state index contributed by atoms with van der Waals surface area (Å²) in [6, 6.07) is 1.90. The first-order chi connectivity index (χ1) is 8.99. The number of aryl methyl sites for hydroxylation is 2. The third kappa shape index (κ3) is 2.90. The summed E-state index contributed by atoms with van der Waals surface area (Å²) in [5.74, 6) is 0.562. The SMILES string of the molecule is Cc1cc(C(=O)Nc2cncnc2N(C)C)sc1C. The van der Waals surface area contributed by atoms with E-state index in [1.54, 1.807) is 6.20 Å². The number of hydrogen-bond donors (Lipinski definition) is 1. The molecule has 0 aliphatic heterocycles. The zero-order chi connectivity index (χ0) is 14.0. The Balaban J connectivity index is 2.24. The van der Waals surface area contributed by atoms with Gasteiger partial charge in [-0.25, -0.2) is 9.97 Å². The summed E-state index contributed by atoms with van der Waals surface area (Å²) < 4.78 is 0. The van der Waals surface area contributed by atoms with E-state index in [2.05, 4.69) is 15.3 Å². The number of nitrogens with zero attached hydrogens (tertiary/aromatic N) is 3. The molecular weight excluding hydrogens is 260 g/mol. The number of nitrogens with one attached hydrogen (secondary N) is 1. The fourth-order valence-electron chi connectivity index (χ4n) is 1.64. The minimum absolute atomic E-state index is 0.126. The molecule has 0 saturated carbocycles. The summed E-state index contributed by atoms with van der Waals surface area (Å²) in [4.78, 5) is 24.0. The van der Waals surface area contributed by atoms with Gasteiger partial charge in [0.2, 0.25) is 0 Å². The van der Waals surface area contributed by atoms with Crippen molar-refractivity contribution in [1.29, 1.82) is 0 Å². The lowest BCUT2D eigenvalue weighted by Crippen LogP contribution is -2.17. The average molecular weight is 276 g/mol. The van der Waals surface area contributed by atoms with Gasteiger partial charge in [0, 0.05) is 19.0 Å². The second kappa shape index (κ2) is 5.36. The second-order valence-corrected chi connectivity index (χ2v) is 5.71. The summed E-state index contributed by atoms with van der Waals surface area (Å²) >= 11 is 1.49. The fraction of sp³-hybridized carbons (Fsp3) is 0.308. The average Bonchev–Trinajstić information content (AvgIpc) is 2.70. The largest absolute Gasteiger partial charge is 0.361 e. The van der Waals surface area contributed by atoms with Crippen LogP contribution in [0, 0.1) is 13.8 Å². The van der Waals surface area contributed by atoms with Crippen molar-refractivity contribution in [1.82, 2.24) is 9.97 Å². The number of hydrogen-bond acceptors (Lipinski definition) is 5. The Morgan fingerprint density at radius 2 is 2.11 bits per heavy atom. The molecule has 6 heteroatoms. The molecule has 2 heterocycles. The molecule has 2 rings (SSSR count). The van der Waals surface area contributed by atoms with Gasteiger partial charge >= 0.3 is 0 Å². The molecule has 1 N–H and O–H groups in total. The van der Waals surface area contributed by atoms with Crippen LogP contribution >= 0.6 is 11.3 Å². The van der Waals surface area contributed by atoms with Gasteiger partial charge in [0.25, 0.3) is 5.91 Å². The lowest BCUT2D eigenvalue weighted by molar-refractivity contribution is 0.103. The monoisotopic (exact) mass is 276 g/mol. The summed E-state index contributed by atoms with van der Waals surface area (Å²) in [6.45, 7) is 4.01. The molecule has 0 unspecified atom stereocenters. The summed E-state index contributed by atoms with van der Waals surface area (Å²) in [5, 5.41) is 2.85. The van der Waals surface area contributed by atoms with Gasteiger partial charge in [-0.2, -0.15) is 0 Å². The lowest BCUT2D eigenvalue weighted by atomic mass is 10.3. The van der Waals surface area contributed by atoms with Gasteiger partial charge in [-0.05, 0) is 25.5 Å². The molecule has 100 valence electrons. The first-order valence-corrected chi connectivity index (χ1v) is 6.66. The summed E-state index contributed by atoms with van der Waals surface area (Å²) in [5.41, 5.74) is 1.74. The van der Waals surface area contributed by atoms with Crippen LogP contribution in [0.2, 0.25) is 0 Å². The van der Waals surface area contributed by atoms with E-state index < -0.39 is 0 Å². The zero-order valence-electron chi connectivity index (χ0n) is 11.4. The molecule has 0 atom stereocenters. The number of thiophene rings is 1. The standard InChI is InChI=1S/C13H16N4OS/c1-8-5-11(19-9(8)2)13(18)16-10-6-14-7-15-12(10)17(3)4/h5-7H,1-4H3,(H,16,18). The van der Waals surface area contributed by atoms with Crippen molar-refractivity contribution < 1.29 is 4.79 Å². The highest BCUT2D eigenvalue weighted by Gasteiger charge is 2.14. The second-order valence-electron chi connectivity index (χ2n) is 4.46. The zero-order valence-corrected chi connectivity index (χ0v) is 12.2. The first kappa shape index (κ1) is 13.5. The van der Waals surface area contributed by atoms with Crippen LogP contribution in [0.15, 0.2) is 18.6 Å². The van der Waals surface area contributed by atoms with Crippen LogP contribution in [0.3, 0.4) is 0 Å². The highest BCUT2D eigenvalue weighted by molar-refractivity contribution is 7.14. The number of anilines is 2. The van der Waals surface area contributed by atoms with Crippen molar-refractivity contribution in [2.24, 2.45) is 0 Å². The fourth-order valence-corrected chi connectivity index (χ4v) is 2.57. The molecule has 19 heavy (non-hydrogen) atoms. The molecule has 2 aromatic heterocycles. The number of carbonyl (C=O) groups excluding carboxylic acids is 1. The van der Waals surface area contributed by atoms with Crippen molar-refractivity contribution in [3.05, 3.63) is 33.9 Å². The minimum atomic E-state index is -0.126. The topological polar surface area (TPSA) is 58.1 Å². The van der Waals surface area contributed by atoms with Crippen LogP contribution in [0.4, 0.5) is 11.5 Å². The molecule has 5 nitrogen and oxygen atoms in total. The van der Waals surface area contributed by atoms with Gasteiger partial charge in [-0.15, -0.1) is 11.3 Å². The van der Waals surface area contributed by atoms with Crippen LogP contribution in [-0.2, 0) is 0 Å². The molecule has 1 amide bonds. The van der Waals surface area contributed by atoms with Crippen molar-refractivity contribution in [3.63, 3.8) is 0 Å². The molecule has 0 aliphatic carbocycles. The van der Waals surface area contributed by atoms with Crippen molar-refractivity contribution >= 4 is 28.7 Å². The molecule has 0 bridgehead atoms. The quantitative estimate of drug-likeness (QED) is 0.935. The van der Waals surface area contributed by atoms with Gasteiger partial charge in [0.05, 0.1) is 11.1 Å². The van der Waals surface area contributed by atoms with Crippen LogP contribution in [-0.4, -0.2) is 30.0 Å². The predicted molar refractivity (Wildman–Crippen MR) is 78.1 cm³/mol. The van der Waals surface area contributed by atoms with Gasteiger partial charge in [-0.3, -0.25) is 4.79 Å². The highest BCUT2D eigenvalue weighted by atomic mass is 32.1. The predicted octanol–water partition coefficient (Wildman–Crippen LogP) is 2.47. The molecular formula is C13H16N4OS. The molecule has 0 aromatic carbocycles. The van der Waals surface area contributed by atoms with Gasteiger partial charge < -0.3 is 10.2 Å². The minimum Gasteiger partial charge on any atom is -0.361 e. The van der Waals surface area contributed by atoms with E-state index in [0.717, 1.165) is 10.4 Å². The number of amides is 1. The van der Waals surface area contributed by atoms with Crippen molar-refractivity contribution in [3.8, 4) is 0 Å². The van der Waals surface area contributed by atoms with E-state index in [1.165, 1.54) is 17.7 Å². The number of rotatable bonds is 3. The third-order valence-electron chi connectivity index (χ3n) is 2.75. The van der Waals surface area contributed by atoms with E-state index in [1.807, 2.05) is 38.9 Å². The molecule has 0 radical (unpaired) electrons. The number of aromatic nitrogens is 2. The van der Waals surface area contributed by atoms with Crippen molar-refractivity contribution in [2.45, 2.75) is 13.8 Å². The van der Waals surface area contributed by atoms with Crippen LogP contribution < -0.4 is 10.2 Å². The van der Waals surface area contributed by atoms with E-state index in [0.29, 0.717) is 16.4 Å². The van der Waals surface area contributed by atoms with Gasteiger partial charge in [0.15, 0.2) is 5.82 Å². The summed E-state index contributed by atoms with van der Waals surface area (Å²) in [6.07, 6.45) is 3.07. The summed E-state index contributed by atoms with van der Waals surface area (Å²) in [7, 11) is 3.74. The molecule has 0 saturated heterocycles. The Hall–Kier alpha value is -1.95. The van der Waals surface area contributed by atoms with E-state index in [9.17, 15) is 4.79 Å². The van der Waals surface area contributed by atoms with Crippen LogP contribution in [0.5, 0.6) is 0 Å². The Morgan fingerprint density at radius 1 is 1.37 bits per heavy atom. The normalized spacial score (nSPS) is 10.3. The Kier molecular flexibility index (Phi) is 3.80. The van der Waals surface area contributed by atoms with E-state index in [4.69, 9.17) is 0 Å². The van der Waals surface area contributed by atoms with Crippen molar-refractivity contribution in [2.75, 3.05) is 24.3 Å². The molecule has 0 fully saturated rings. The van der Waals surface area contributed by atoms with Gasteiger partial charge in [-0.1, -0.05) is 0 Å². The maximum atomic E-state index is 12.2. The maximum absolute atomic E-state index is 12.2. The molecule has 0 spiro atoms. The van der Waals surface area contributed by atoms with E-state index in [-0.39, 0.29) is 5.91 Å². The lowest BCUT2D eigenvalue weighted by Gasteiger charge is -2.15. The maximum Gasteiger partial charge on any atom is 0.265 e. The molecule has 2 aromatic rings. The Labute approximate surface area is 116 Å². The highest BCUT2D eigenvalue weighted by Crippen LogP contribution is 2.24. The van der Waals surface area contributed by atoms with Crippen LogP contribution in [0.1, 0.15) is 20.1 Å². The Morgan fingerprint density at radius 3 is 2.68 bits per heavy atom. The number of carbonyl (C=O) groups is 1. The Bertz CT molecular complexity index is 587. The van der Waals surface area contributed by atoms with Crippen LogP contribution in [0.25, 0.3) is 0 Å². The smallest absolute Gasteiger partial charge is 0.265 e. The van der Waals surface area contributed by atoms with E-state index >= 15 is 0 Å². The van der Waals surface area contributed by atoms with Gasteiger partial charge in [0.1, 0.15) is 12.0 Å². The first-order valence-electron chi connectivity index (χ1n) is 5.84. The third-order valence-corrected chi connectivity index (χ3v) is 3.90. The molecule has 0 aliphatic rings.